The first-order valence-electron chi connectivity index (χ1n) is 9.85. The highest BCUT2D eigenvalue weighted by atomic mass is 16.5. The molecule has 2 aromatic rings. The van der Waals surface area contributed by atoms with Gasteiger partial charge in [-0.15, -0.1) is 0 Å². The molecular weight excluding hydrogens is 358 g/mol. The topological polar surface area (TPSA) is 73.7 Å². The monoisotopic (exact) mass is 389 g/mol. The summed E-state index contributed by atoms with van der Waals surface area (Å²) in [6.07, 6.45) is 1.80. The molecule has 0 fully saturated rings. The Kier molecular flexibility index (Phi) is 8.60. The molecule has 0 aliphatic heterocycles. The molecule has 154 valence electrons. The summed E-state index contributed by atoms with van der Waals surface area (Å²) in [4.78, 5) is 32.5. The minimum atomic E-state index is -0.279. The predicted molar refractivity (Wildman–Crippen MR) is 109 cm³/mol. The first kappa shape index (κ1) is 22.0. The van der Waals surface area contributed by atoms with Crippen LogP contribution in [0.3, 0.4) is 0 Å². The fourth-order valence-corrected chi connectivity index (χ4v) is 3.42. The average molecular weight is 389 g/mol. The molecule has 1 heterocycles. The second-order valence-electron chi connectivity index (χ2n) is 6.65. The lowest BCUT2D eigenvalue weighted by Gasteiger charge is -2.32. The van der Waals surface area contributed by atoms with E-state index in [1.165, 1.54) is 0 Å². The number of carbonyl (C=O) groups is 1. The Balaban J connectivity index is 2.58. The molecule has 0 N–H and O–H groups in total. The first-order valence-corrected chi connectivity index (χ1v) is 9.85. The van der Waals surface area contributed by atoms with Crippen LogP contribution in [0.2, 0.25) is 0 Å². The van der Waals surface area contributed by atoms with E-state index in [4.69, 9.17) is 14.5 Å². The Bertz CT molecular complexity index is 834. The molecule has 0 saturated heterocycles. The predicted octanol–water partition coefficient (Wildman–Crippen LogP) is 2.77. The summed E-state index contributed by atoms with van der Waals surface area (Å²) in [7, 11) is 3.25. The molecule has 0 spiro atoms. The average Bonchev–Trinajstić information content (AvgIpc) is 2.72. The van der Waals surface area contributed by atoms with Crippen LogP contribution in [0.1, 0.15) is 45.0 Å². The zero-order chi connectivity index (χ0) is 20.5. The van der Waals surface area contributed by atoms with Crippen molar-refractivity contribution in [1.82, 2.24) is 14.5 Å². The van der Waals surface area contributed by atoms with E-state index < -0.39 is 0 Å². The maximum atomic E-state index is 13.1. The number of methoxy groups -OCH3 is 2. The first-order chi connectivity index (χ1) is 13.6. The smallest absolute Gasteiger partial charge is 0.261 e. The van der Waals surface area contributed by atoms with E-state index in [0.29, 0.717) is 55.9 Å². The van der Waals surface area contributed by atoms with Crippen molar-refractivity contribution >= 4 is 16.8 Å². The molecule has 7 nitrogen and oxygen atoms in total. The lowest BCUT2D eigenvalue weighted by molar-refractivity contribution is -0.134. The van der Waals surface area contributed by atoms with Crippen LogP contribution >= 0.6 is 0 Å². The summed E-state index contributed by atoms with van der Waals surface area (Å²) in [6.45, 7) is 5.79. The number of amides is 1. The quantitative estimate of drug-likeness (QED) is 0.553. The number of nitrogens with zero attached hydrogens (tertiary/aromatic N) is 3. The maximum Gasteiger partial charge on any atom is 0.261 e. The van der Waals surface area contributed by atoms with E-state index in [0.717, 1.165) is 6.42 Å². The van der Waals surface area contributed by atoms with Crippen molar-refractivity contribution in [2.24, 2.45) is 0 Å². The largest absolute Gasteiger partial charge is 0.385 e. The minimum absolute atomic E-state index is 0.0450. The fourth-order valence-electron chi connectivity index (χ4n) is 3.42. The number of ether oxygens (including phenoxy) is 2. The summed E-state index contributed by atoms with van der Waals surface area (Å²) in [5.41, 5.74) is 0.548. The lowest BCUT2D eigenvalue weighted by Crippen LogP contribution is -2.39. The van der Waals surface area contributed by atoms with Gasteiger partial charge in [0.05, 0.1) is 30.1 Å². The molecule has 1 aromatic heterocycles. The summed E-state index contributed by atoms with van der Waals surface area (Å²) in [5.74, 6) is 0.658. The van der Waals surface area contributed by atoms with Gasteiger partial charge in [-0.1, -0.05) is 26.0 Å². The molecule has 2 rings (SSSR count). The van der Waals surface area contributed by atoms with Gasteiger partial charge in [-0.25, -0.2) is 4.98 Å². The minimum Gasteiger partial charge on any atom is -0.385 e. The molecule has 0 aliphatic rings. The lowest BCUT2D eigenvalue weighted by atomic mass is 10.1. The Labute approximate surface area is 166 Å². The Morgan fingerprint density at radius 1 is 1.18 bits per heavy atom. The second-order valence-corrected chi connectivity index (χ2v) is 6.65. The normalized spacial score (nSPS) is 12.3. The van der Waals surface area contributed by atoms with E-state index in [-0.39, 0.29) is 17.5 Å². The summed E-state index contributed by atoms with van der Waals surface area (Å²) < 4.78 is 12.0. The van der Waals surface area contributed by atoms with Crippen LogP contribution in [0, 0.1) is 0 Å². The van der Waals surface area contributed by atoms with Crippen molar-refractivity contribution in [3.8, 4) is 0 Å². The number of fused-ring (bicyclic) bond motifs is 1. The van der Waals surface area contributed by atoms with Crippen LogP contribution in [0.25, 0.3) is 10.9 Å². The van der Waals surface area contributed by atoms with Gasteiger partial charge in [0, 0.05) is 33.8 Å². The van der Waals surface area contributed by atoms with Crippen molar-refractivity contribution < 1.29 is 14.3 Å². The third-order valence-electron chi connectivity index (χ3n) is 4.84. The summed E-state index contributed by atoms with van der Waals surface area (Å²) in [5, 5.41) is 0.574. The fraction of sp³-hybridized carbons (Fsp3) is 0.571. The zero-order valence-corrected chi connectivity index (χ0v) is 17.3. The number of rotatable bonds is 11. The number of benzene rings is 1. The van der Waals surface area contributed by atoms with Gasteiger partial charge in [-0.2, -0.15) is 0 Å². The Morgan fingerprint density at radius 3 is 2.54 bits per heavy atom. The van der Waals surface area contributed by atoms with Gasteiger partial charge in [-0.05, 0) is 25.0 Å². The van der Waals surface area contributed by atoms with E-state index in [9.17, 15) is 9.59 Å². The third-order valence-corrected chi connectivity index (χ3v) is 4.84. The van der Waals surface area contributed by atoms with Crippen molar-refractivity contribution in [3.05, 3.63) is 40.4 Å². The molecule has 7 heteroatoms. The second kappa shape index (κ2) is 10.9. The maximum absolute atomic E-state index is 13.1. The molecule has 0 radical (unpaired) electrons. The van der Waals surface area contributed by atoms with Crippen molar-refractivity contribution in [3.63, 3.8) is 0 Å². The standard InChI is InChI=1S/C21H31N3O4/c1-5-18(23(19(25)6-2)12-9-14-27-3)20-22-17-11-8-7-10-16(17)21(26)24(20)13-15-28-4/h7-8,10-11,18H,5-6,9,12-15H2,1-4H3. The van der Waals surface area contributed by atoms with Gasteiger partial charge < -0.3 is 14.4 Å². The summed E-state index contributed by atoms with van der Waals surface area (Å²) in [6, 6.07) is 7.04. The van der Waals surface area contributed by atoms with Crippen molar-refractivity contribution in [1.29, 1.82) is 0 Å². The molecule has 1 atom stereocenters. The number of hydrogen-bond donors (Lipinski definition) is 0. The Morgan fingerprint density at radius 2 is 1.89 bits per heavy atom. The van der Waals surface area contributed by atoms with E-state index >= 15 is 0 Å². The van der Waals surface area contributed by atoms with Gasteiger partial charge in [0.2, 0.25) is 5.91 Å². The molecular formula is C21H31N3O4. The highest BCUT2D eigenvalue weighted by Gasteiger charge is 2.27. The van der Waals surface area contributed by atoms with E-state index in [2.05, 4.69) is 0 Å². The van der Waals surface area contributed by atoms with Crippen LogP contribution in [0.5, 0.6) is 0 Å². The van der Waals surface area contributed by atoms with Gasteiger partial charge in [0.25, 0.3) is 5.56 Å². The molecule has 0 aliphatic carbocycles. The zero-order valence-electron chi connectivity index (χ0n) is 17.3. The number of hydrogen-bond acceptors (Lipinski definition) is 5. The van der Waals surface area contributed by atoms with Crippen molar-refractivity contribution in [2.75, 3.05) is 34.0 Å². The van der Waals surface area contributed by atoms with Gasteiger partial charge in [-0.3, -0.25) is 14.2 Å². The van der Waals surface area contributed by atoms with Gasteiger partial charge >= 0.3 is 0 Å². The van der Waals surface area contributed by atoms with E-state index in [1.54, 1.807) is 24.9 Å². The molecule has 0 saturated carbocycles. The highest BCUT2D eigenvalue weighted by molar-refractivity contribution is 5.78. The Hall–Kier alpha value is -2.25. The van der Waals surface area contributed by atoms with Gasteiger partial charge in [0.1, 0.15) is 5.82 Å². The number of carbonyl (C=O) groups excluding carboxylic acids is 1. The van der Waals surface area contributed by atoms with Crippen LogP contribution in [0.15, 0.2) is 29.1 Å². The molecule has 1 unspecified atom stereocenters. The SMILES string of the molecule is CCC(=O)N(CCCOC)C(CC)c1nc2ccccc2c(=O)n1CCOC. The summed E-state index contributed by atoms with van der Waals surface area (Å²) >= 11 is 0. The highest BCUT2D eigenvalue weighted by Crippen LogP contribution is 2.25. The number of para-hydroxylation sites is 1. The van der Waals surface area contributed by atoms with E-state index in [1.807, 2.05) is 36.9 Å². The van der Waals surface area contributed by atoms with Crippen LogP contribution in [0.4, 0.5) is 0 Å². The number of aromatic nitrogens is 2. The van der Waals surface area contributed by atoms with Crippen LogP contribution in [-0.2, 0) is 20.8 Å². The molecule has 28 heavy (non-hydrogen) atoms. The molecule has 0 bridgehead atoms. The third kappa shape index (κ3) is 4.97. The molecule has 1 amide bonds. The van der Waals surface area contributed by atoms with Crippen LogP contribution in [-0.4, -0.2) is 54.3 Å². The van der Waals surface area contributed by atoms with Crippen LogP contribution < -0.4 is 5.56 Å². The van der Waals surface area contributed by atoms with Gasteiger partial charge in [0.15, 0.2) is 0 Å². The molecule has 1 aromatic carbocycles. The van der Waals surface area contributed by atoms with Crippen molar-refractivity contribution in [2.45, 2.75) is 45.7 Å².